The summed E-state index contributed by atoms with van der Waals surface area (Å²) in [6, 6.07) is 0. The van der Waals surface area contributed by atoms with Crippen molar-refractivity contribution in [3.8, 4) is 0 Å². The van der Waals surface area contributed by atoms with E-state index in [1.165, 1.54) is 0 Å². The van der Waals surface area contributed by atoms with E-state index in [0.29, 0.717) is 6.61 Å². The normalized spacial score (nSPS) is 17.0. The zero-order chi connectivity index (χ0) is 6.69. The SMILES string of the molecule is CCOC(=O)OC1CC1. The standard InChI is InChI=1S/C6H10O3/c1-2-8-6(7)9-5-3-4-5/h5H,2-4H2,1H3. The Hall–Kier alpha value is -0.730. The lowest BCUT2D eigenvalue weighted by Crippen LogP contribution is -2.07. The quantitative estimate of drug-likeness (QED) is 0.529. The highest BCUT2D eigenvalue weighted by molar-refractivity contribution is 5.60. The summed E-state index contributed by atoms with van der Waals surface area (Å²) in [5.74, 6) is 0. The Labute approximate surface area is 53.9 Å². The minimum absolute atomic E-state index is 0.157. The highest BCUT2D eigenvalue weighted by Crippen LogP contribution is 2.23. The molecule has 1 aliphatic rings. The summed E-state index contributed by atoms with van der Waals surface area (Å²) < 4.78 is 9.27. The summed E-state index contributed by atoms with van der Waals surface area (Å²) in [6.07, 6.45) is 1.63. The van der Waals surface area contributed by atoms with Crippen LogP contribution in [0.1, 0.15) is 19.8 Å². The van der Waals surface area contributed by atoms with Gasteiger partial charge in [0.15, 0.2) is 0 Å². The van der Waals surface area contributed by atoms with Crippen LogP contribution in [0.5, 0.6) is 0 Å². The average molecular weight is 130 g/mol. The molecule has 3 nitrogen and oxygen atoms in total. The number of carbonyl (C=O) groups excluding carboxylic acids is 1. The summed E-state index contributed by atoms with van der Waals surface area (Å²) in [6.45, 7) is 2.15. The molecule has 0 aromatic heterocycles. The monoisotopic (exact) mass is 130 g/mol. The highest BCUT2D eigenvalue weighted by atomic mass is 16.7. The van der Waals surface area contributed by atoms with Gasteiger partial charge in [0.1, 0.15) is 6.10 Å². The van der Waals surface area contributed by atoms with Crippen LogP contribution in [0, 0.1) is 0 Å². The van der Waals surface area contributed by atoms with E-state index in [-0.39, 0.29) is 6.10 Å². The lowest BCUT2D eigenvalue weighted by molar-refractivity contribution is 0.0535. The number of hydrogen-bond acceptors (Lipinski definition) is 3. The van der Waals surface area contributed by atoms with E-state index in [1.807, 2.05) is 0 Å². The topological polar surface area (TPSA) is 35.5 Å². The summed E-state index contributed by atoms with van der Waals surface area (Å²) in [7, 11) is 0. The van der Waals surface area contributed by atoms with Crippen LogP contribution in [0.3, 0.4) is 0 Å². The van der Waals surface area contributed by atoms with Crippen LogP contribution < -0.4 is 0 Å². The van der Waals surface area contributed by atoms with Gasteiger partial charge in [0.2, 0.25) is 0 Å². The molecular formula is C6H10O3. The lowest BCUT2D eigenvalue weighted by atomic mass is 10.8. The molecule has 1 aliphatic carbocycles. The Morgan fingerprint density at radius 1 is 1.67 bits per heavy atom. The minimum atomic E-state index is -0.528. The van der Waals surface area contributed by atoms with Gasteiger partial charge in [0.05, 0.1) is 6.61 Å². The summed E-state index contributed by atoms with van der Waals surface area (Å²) in [4.78, 5) is 10.4. The van der Waals surface area contributed by atoms with Crippen molar-refractivity contribution >= 4 is 6.16 Å². The Morgan fingerprint density at radius 2 is 2.33 bits per heavy atom. The smallest absolute Gasteiger partial charge is 0.435 e. The summed E-state index contributed by atoms with van der Waals surface area (Å²) in [5, 5.41) is 0. The maximum atomic E-state index is 10.4. The number of carbonyl (C=O) groups is 1. The van der Waals surface area contributed by atoms with Crippen molar-refractivity contribution in [1.82, 2.24) is 0 Å². The zero-order valence-electron chi connectivity index (χ0n) is 5.42. The van der Waals surface area contributed by atoms with Crippen molar-refractivity contribution in [3.05, 3.63) is 0 Å². The maximum Gasteiger partial charge on any atom is 0.508 e. The highest BCUT2D eigenvalue weighted by Gasteiger charge is 2.26. The summed E-state index contributed by atoms with van der Waals surface area (Å²) >= 11 is 0. The third-order valence-corrected chi connectivity index (χ3v) is 1.05. The van der Waals surface area contributed by atoms with Crippen LogP contribution in [0.25, 0.3) is 0 Å². The van der Waals surface area contributed by atoms with Crippen LogP contribution in [0.15, 0.2) is 0 Å². The van der Waals surface area contributed by atoms with Crippen LogP contribution in [-0.2, 0) is 9.47 Å². The number of ether oxygens (including phenoxy) is 2. The molecular weight excluding hydrogens is 120 g/mol. The molecule has 9 heavy (non-hydrogen) atoms. The Kier molecular flexibility index (Phi) is 1.92. The Balaban J connectivity index is 2.02. The molecule has 1 rings (SSSR count). The molecule has 3 heteroatoms. The van der Waals surface area contributed by atoms with Crippen molar-refractivity contribution < 1.29 is 14.3 Å². The van der Waals surface area contributed by atoms with Crippen LogP contribution >= 0.6 is 0 Å². The molecule has 1 fully saturated rings. The molecule has 0 aliphatic heterocycles. The second-order valence-electron chi connectivity index (χ2n) is 2.00. The molecule has 0 aromatic rings. The van der Waals surface area contributed by atoms with Gasteiger partial charge in [-0.25, -0.2) is 4.79 Å². The van der Waals surface area contributed by atoms with E-state index in [4.69, 9.17) is 4.74 Å². The van der Waals surface area contributed by atoms with E-state index >= 15 is 0 Å². The van der Waals surface area contributed by atoms with Crippen LogP contribution in [0.2, 0.25) is 0 Å². The van der Waals surface area contributed by atoms with E-state index in [2.05, 4.69) is 4.74 Å². The van der Waals surface area contributed by atoms with E-state index in [9.17, 15) is 4.79 Å². The number of hydrogen-bond donors (Lipinski definition) is 0. The fraction of sp³-hybridized carbons (Fsp3) is 0.833. The molecule has 0 saturated heterocycles. The van der Waals surface area contributed by atoms with Gasteiger partial charge in [-0.15, -0.1) is 0 Å². The van der Waals surface area contributed by atoms with Gasteiger partial charge in [0, 0.05) is 0 Å². The predicted octanol–water partition coefficient (Wildman–Crippen LogP) is 1.32. The first-order valence-corrected chi connectivity index (χ1v) is 3.16. The number of rotatable bonds is 2. The molecule has 0 spiro atoms. The molecule has 1 saturated carbocycles. The molecule has 0 bridgehead atoms. The molecule has 0 N–H and O–H groups in total. The van der Waals surface area contributed by atoms with Crippen LogP contribution in [0.4, 0.5) is 4.79 Å². The van der Waals surface area contributed by atoms with E-state index in [1.54, 1.807) is 6.92 Å². The van der Waals surface area contributed by atoms with Gasteiger partial charge in [-0.3, -0.25) is 0 Å². The lowest BCUT2D eigenvalue weighted by Gasteiger charge is -2.00. The second kappa shape index (κ2) is 2.71. The van der Waals surface area contributed by atoms with Crippen molar-refractivity contribution in [2.45, 2.75) is 25.9 Å². The molecule has 52 valence electrons. The fourth-order valence-electron chi connectivity index (χ4n) is 0.474. The van der Waals surface area contributed by atoms with Gasteiger partial charge in [-0.05, 0) is 19.8 Å². The molecule has 0 unspecified atom stereocenters. The summed E-state index contributed by atoms with van der Waals surface area (Å²) in [5.41, 5.74) is 0. The molecule has 0 radical (unpaired) electrons. The third-order valence-electron chi connectivity index (χ3n) is 1.05. The zero-order valence-corrected chi connectivity index (χ0v) is 5.42. The van der Waals surface area contributed by atoms with Gasteiger partial charge >= 0.3 is 6.16 Å². The molecule has 0 atom stereocenters. The first-order chi connectivity index (χ1) is 4.33. The van der Waals surface area contributed by atoms with Crippen molar-refractivity contribution in [1.29, 1.82) is 0 Å². The molecule has 0 amide bonds. The van der Waals surface area contributed by atoms with Crippen molar-refractivity contribution in [3.63, 3.8) is 0 Å². The van der Waals surface area contributed by atoms with Gasteiger partial charge in [0.25, 0.3) is 0 Å². The second-order valence-corrected chi connectivity index (χ2v) is 2.00. The Morgan fingerprint density at radius 3 is 2.78 bits per heavy atom. The fourth-order valence-corrected chi connectivity index (χ4v) is 0.474. The van der Waals surface area contributed by atoms with Gasteiger partial charge in [-0.1, -0.05) is 0 Å². The first kappa shape index (κ1) is 6.39. The van der Waals surface area contributed by atoms with Crippen LogP contribution in [-0.4, -0.2) is 18.9 Å². The van der Waals surface area contributed by atoms with Crippen molar-refractivity contribution in [2.75, 3.05) is 6.61 Å². The molecule has 0 heterocycles. The van der Waals surface area contributed by atoms with Gasteiger partial charge < -0.3 is 9.47 Å². The first-order valence-electron chi connectivity index (χ1n) is 3.16. The van der Waals surface area contributed by atoms with E-state index in [0.717, 1.165) is 12.8 Å². The largest absolute Gasteiger partial charge is 0.508 e. The predicted molar refractivity (Wildman–Crippen MR) is 31.1 cm³/mol. The molecule has 0 aromatic carbocycles. The third kappa shape index (κ3) is 2.35. The van der Waals surface area contributed by atoms with Gasteiger partial charge in [-0.2, -0.15) is 0 Å². The van der Waals surface area contributed by atoms with E-state index < -0.39 is 6.16 Å². The maximum absolute atomic E-state index is 10.4. The van der Waals surface area contributed by atoms with Crippen molar-refractivity contribution in [2.24, 2.45) is 0 Å². The average Bonchev–Trinajstić information content (AvgIpc) is 2.50. The Bertz CT molecular complexity index is 107. The minimum Gasteiger partial charge on any atom is -0.435 e.